The lowest BCUT2D eigenvalue weighted by atomic mass is 10.2. The fraction of sp³-hybridized carbons (Fsp3) is 0.778. The molecular formula is C9H14F4N2O3. The number of esters is 1. The Morgan fingerprint density at radius 3 is 2.28 bits per heavy atom. The van der Waals surface area contributed by atoms with Gasteiger partial charge in [-0.2, -0.15) is 8.78 Å². The molecule has 0 bridgehead atoms. The Bertz CT molecular complexity index is 300. The average Bonchev–Trinajstić information content (AvgIpc) is 2.25. The highest BCUT2D eigenvalue weighted by atomic mass is 19.3. The van der Waals surface area contributed by atoms with Gasteiger partial charge in [-0.1, -0.05) is 0 Å². The van der Waals surface area contributed by atoms with E-state index in [2.05, 4.69) is 10.1 Å². The van der Waals surface area contributed by atoms with Crippen LogP contribution in [0.25, 0.3) is 0 Å². The first-order valence-electron chi connectivity index (χ1n) is 4.92. The van der Waals surface area contributed by atoms with E-state index in [1.54, 1.807) is 0 Å². The molecule has 1 atom stereocenters. The van der Waals surface area contributed by atoms with Gasteiger partial charge in [0.05, 0.1) is 13.7 Å². The maximum atomic E-state index is 12.5. The lowest BCUT2D eigenvalue weighted by molar-refractivity contribution is -0.145. The van der Waals surface area contributed by atoms with Crippen LogP contribution in [0.15, 0.2) is 0 Å². The minimum atomic E-state index is -4.20. The molecule has 1 unspecified atom stereocenters. The summed E-state index contributed by atoms with van der Waals surface area (Å²) in [6.07, 6.45) is -3.80. The summed E-state index contributed by atoms with van der Waals surface area (Å²) in [7, 11) is 1.05. The highest BCUT2D eigenvalue weighted by Gasteiger charge is 2.40. The summed E-state index contributed by atoms with van der Waals surface area (Å²) in [6.45, 7) is -0.629. The van der Waals surface area contributed by atoms with Crippen LogP contribution in [0.3, 0.4) is 0 Å². The summed E-state index contributed by atoms with van der Waals surface area (Å²) in [5.74, 6) is -5.64. The van der Waals surface area contributed by atoms with E-state index in [4.69, 9.17) is 0 Å². The van der Waals surface area contributed by atoms with E-state index < -0.39 is 43.4 Å². The van der Waals surface area contributed by atoms with Crippen molar-refractivity contribution in [1.82, 2.24) is 10.6 Å². The number of alkyl halides is 4. The van der Waals surface area contributed by atoms with Crippen LogP contribution in [0.2, 0.25) is 0 Å². The third-order valence-corrected chi connectivity index (χ3v) is 1.89. The van der Waals surface area contributed by atoms with Crippen LogP contribution in [0.5, 0.6) is 0 Å². The van der Waals surface area contributed by atoms with Gasteiger partial charge in [-0.15, -0.1) is 0 Å². The van der Waals surface area contributed by atoms with Crippen LogP contribution in [-0.4, -0.2) is 50.5 Å². The fourth-order valence-corrected chi connectivity index (χ4v) is 1.04. The van der Waals surface area contributed by atoms with Crippen molar-refractivity contribution in [3.63, 3.8) is 0 Å². The molecular weight excluding hydrogens is 260 g/mol. The van der Waals surface area contributed by atoms with Gasteiger partial charge in [0, 0.05) is 13.5 Å². The van der Waals surface area contributed by atoms with Gasteiger partial charge in [-0.3, -0.25) is 4.79 Å². The van der Waals surface area contributed by atoms with Crippen LogP contribution < -0.4 is 10.6 Å². The molecule has 0 aliphatic rings. The van der Waals surface area contributed by atoms with Crippen molar-refractivity contribution < 1.29 is 31.9 Å². The zero-order valence-corrected chi connectivity index (χ0v) is 9.81. The summed E-state index contributed by atoms with van der Waals surface area (Å²) < 4.78 is 53.0. The van der Waals surface area contributed by atoms with Crippen LogP contribution in [0.4, 0.5) is 17.6 Å². The molecule has 0 heterocycles. The van der Waals surface area contributed by atoms with Gasteiger partial charge in [-0.05, 0) is 0 Å². The van der Waals surface area contributed by atoms with Crippen molar-refractivity contribution in [3.8, 4) is 0 Å². The van der Waals surface area contributed by atoms with Crippen molar-refractivity contribution in [3.05, 3.63) is 0 Å². The van der Waals surface area contributed by atoms with Gasteiger partial charge >= 0.3 is 18.3 Å². The number of halogens is 4. The maximum Gasteiger partial charge on any atom is 0.329 e. The Balaban J connectivity index is 4.28. The van der Waals surface area contributed by atoms with Gasteiger partial charge in [-0.25, -0.2) is 13.6 Å². The van der Waals surface area contributed by atoms with Gasteiger partial charge in [0.2, 0.25) is 5.91 Å². The first kappa shape index (κ1) is 16.6. The molecule has 0 spiro atoms. The number of nitrogens with one attached hydrogen (secondary N) is 2. The summed E-state index contributed by atoms with van der Waals surface area (Å²) in [6, 6.07) is -1.21. The standard InChI is InChI=1S/C9H14F4N2O3/c1-5(16)15-6(7(17)18-2)3-14-4-9(12,13)8(10)11/h6,8,14H,3-4H2,1-2H3,(H,15,16). The molecule has 0 saturated carbocycles. The molecule has 18 heavy (non-hydrogen) atoms. The van der Waals surface area contributed by atoms with Crippen LogP contribution in [0.1, 0.15) is 6.92 Å². The Morgan fingerprint density at radius 2 is 1.89 bits per heavy atom. The zero-order chi connectivity index (χ0) is 14.3. The molecule has 0 aromatic rings. The van der Waals surface area contributed by atoms with Crippen LogP contribution in [0, 0.1) is 0 Å². The maximum absolute atomic E-state index is 12.5. The Labute approximate surface area is 101 Å². The van der Waals surface area contributed by atoms with E-state index in [1.807, 2.05) is 5.32 Å². The molecule has 106 valence electrons. The Kier molecular flexibility index (Phi) is 6.60. The minimum Gasteiger partial charge on any atom is -0.467 e. The second-order valence-electron chi connectivity index (χ2n) is 3.47. The monoisotopic (exact) mass is 274 g/mol. The largest absolute Gasteiger partial charge is 0.467 e. The Morgan fingerprint density at radius 1 is 1.33 bits per heavy atom. The second-order valence-corrected chi connectivity index (χ2v) is 3.47. The molecule has 0 aliphatic carbocycles. The summed E-state index contributed by atoms with van der Waals surface area (Å²) in [4.78, 5) is 21.9. The number of carbonyl (C=O) groups excluding carboxylic acids is 2. The fourth-order valence-electron chi connectivity index (χ4n) is 1.04. The highest BCUT2D eigenvalue weighted by Crippen LogP contribution is 2.21. The van der Waals surface area contributed by atoms with Crippen molar-refractivity contribution in [2.24, 2.45) is 0 Å². The molecule has 2 N–H and O–H groups in total. The van der Waals surface area contributed by atoms with E-state index in [0.29, 0.717) is 0 Å². The van der Waals surface area contributed by atoms with Crippen molar-refractivity contribution in [1.29, 1.82) is 0 Å². The molecule has 9 heteroatoms. The minimum absolute atomic E-state index is 0.436. The normalized spacial score (nSPS) is 13.3. The third-order valence-electron chi connectivity index (χ3n) is 1.89. The van der Waals surface area contributed by atoms with Crippen LogP contribution >= 0.6 is 0 Å². The topological polar surface area (TPSA) is 67.4 Å². The summed E-state index contributed by atoms with van der Waals surface area (Å²) in [5.41, 5.74) is 0. The molecule has 0 rings (SSSR count). The molecule has 0 aromatic carbocycles. The number of hydrogen-bond acceptors (Lipinski definition) is 4. The molecule has 0 fully saturated rings. The van der Waals surface area contributed by atoms with E-state index in [9.17, 15) is 27.2 Å². The van der Waals surface area contributed by atoms with E-state index >= 15 is 0 Å². The summed E-state index contributed by atoms with van der Waals surface area (Å²) >= 11 is 0. The van der Waals surface area contributed by atoms with Gasteiger partial charge < -0.3 is 15.4 Å². The van der Waals surface area contributed by atoms with Crippen molar-refractivity contribution in [2.75, 3.05) is 20.2 Å². The molecule has 0 aromatic heterocycles. The van der Waals surface area contributed by atoms with Gasteiger partial charge in [0.25, 0.3) is 0 Å². The van der Waals surface area contributed by atoms with Crippen molar-refractivity contribution >= 4 is 11.9 Å². The predicted molar refractivity (Wildman–Crippen MR) is 53.4 cm³/mol. The summed E-state index contributed by atoms with van der Waals surface area (Å²) in [5, 5.41) is 4.12. The van der Waals surface area contributed by atoms with Gasteiger partial charge in [0.1, 0.15) is 6.04 Å². The number of rotatable bonds is 7. The number of carbonyl (C=O) groups is 2. The zero-order valence-electron chi connectivity index (χ0n) is 9.81. The Hall–Kier alpha value is -1.38. The molecule has 0 radical (unpaired) electrons. The molecule has 0 aliphatic heterocycles. The van der Waals surface area contributed by atoms with E-state index in [0.717, 1.165) is 14.0 Å². The van der Waals surface area contributed by atoms with Crippen LogP contribution in [-0.2, 0) is 14.3 Å². The predicted octanol–water partition coefficient (Wildman–Crippen LogP) is 0.154. The molecule has 1 amide bonds. The number of ether oxygens (including phenoxy) is 1. The smallest absolute Gasteiger partial charge is 0.329 e. The second kappa shape index (κ2) is 7.14. The SMILES string of the molecule is COC(=O)C(CNCC(F)(F)C(F)F)NC(C)=O. The first-order valence-corrected chi connectivity index (χ1v) is 4.92. The number of hydrogen-bond donors (Lipinski definition) is 2. The highest BCUT2D eigenvalue weighted by molar-refractivity contribution is 5.83. The third kappa shape index (κ3) is 5.80. The molecule has 5 nitrogen and oxygen atoms in total. The number of methoxy groups -OCH3 is 1. The first-order chi connectivity index (χ1) is 8.20. The average molecular weight is 274 g/mol. The van der Waals surface area contributed by atoms with E-state index in [1.165, 1.54) is 0 Å². The van der Waals surface area contributed by atoms with Gasteiger partial charge in [0.15, 0.2) is 0 Å². The quantitative estimate of drug-likeness (QED) is 0.512. The lowest BCUT2D eigenvalue weighted by Crippen LogP contribution is -2.50. The molecule has 0 saturated heterocycles. The van der Waals surface area contributed by atoms with Crippen molar-refractivity contribution in [2.45, 2.75) is 25.3 Å². The lowest BCUT2D eigenvalue weighted by Gasteiger charge is -2.19. The van der Waals surface area contributed by atoms with E-state index in [-0.39, 0.29) is 0 Å². The number of amides is 1.